The zero-order valence-corrected chi connectivity index (χ0v) is 15.7. The summed E-state index contributed by atoms with van der Waals surface area (Å²) in [6.07, 6.45) is -2.40. The van der Waals surface area contributed by atoms with E-state index in [0.717, 1.165) is 6.92 Å². The smallest absolute Gasteiger partial charge is 0.317 e. The minimum Gasteiger partial charge on any atom is -0.371 e. The van der Waals surface area contributed by atoms with Gasteiger partial charge >= 0.3 is 5.97 Å². The number of aliphatic hydroxyl groups excluding tert-OH is 1. The molecule has 0 aliphatic carbocycles. The number of carbonyl (C=O) groups excluding carboxylic acids is 1. The molecule has 4 atom stereocenters. The Labute approximate surface area is 148 Å². The lowest BCUT2D eigenvalue weighted by Gasteiger charge is -2.33. The van der Waals surface area contributed by atoms with Crippen molar-refractivity contribution < 1.29 is 42.1 Å². The number of thioether (sulfide) groups is 1. The predicted octanol–water partition coefficient (Wildman–Crippen LogP) is -3.12. The Bertz CT molecular complexity index is 754. The number of carbonyl (C=O) groups is 1. The van der Waals surface area contributed by atoms with Crippen LogP contribution in [0.25, 0.3) is 0 Å². The monoisotopic (exact) mass is 420 g/mol. The summed E-state index contributed by atoms with van der Waals surface area (Å²) in [5, 5.41) is 42.3. The first-order valence-corrected chi connectivity index (χ1v) is 10.9. The molecule has 0 aromatic carbocycles. The van der Waals surface area contributed by atoms with Crippen LogP contribution in [0.5, 0.6) is 0 Å². The molecule has 0 amide bonds. The molecular formula is C11H20N2O9S3. The number of rotatable bonds is 7. The highest BCUT2D eigenvalue weighted by molar-refractivity contribution is 8.24. The summed E-state index contributed by atoms with van der Waals surface area (Å²) < 4.78 is 45.8. The lowest BCUT2D eigenvalue weighted by atomic mass is 10.0. The van der Waals surface area contributed by atoms with Gasteiger partial charge in [0, 0.05) is 11.6 Å². The summed E-state index contributed by atoms with van der Waals surface area (Å²) in [4.78, 5) is 11.4. The summed E-state index contributed by atoms with van der Waals surface area (Å²) in [5.41, 5.74) is -0.415. The summed E-state index contributed by atoms with van der Waals surface area (Å²) in [6.45, 7) is 2.44. The van der Waals surface area contributed by atoms with Crippen molar-refractivity contribution in [2.24, 2.45) is 5.14 Å². The molecular weight excluding hydrogens is 400 g/mol. The van der Waals surface area contributed by atoms with Gasteiger partial charge in [-0.15, -0.1) is 0 Å². The Balaban J connectivity index is 3.38. The Morgan fingerprint density at radius 3 is 2.32 bits per heavy atom. The van der Waals surface area contributed by atoms with E-state index in [0.29, 0.717) is 11.8 Å². The van der Waals surface area contributed by atoms with E-state index in [4.69, 9.17) is 20.5 Å². The van der Waals surface area contributed by atoms with Crippen LogP contribution < -0.4 is 10.5 Å². The molecule has 11 nitrogen and oxygen atoms in total. The predicted molar refractivity (Wildman–Crippen MR) is 88.6 cm³/mol. The number of sulfone groups is 1. The van der Waals surface area contributed by atoms with E-state index in [1.54, 1.807) is 0 Å². The minimum absolute atomic E-state index is 0.153. The molecule has 1 heterocycles. The van der Waals surface area contributed by atoms with Gasteiger partial charge in [0.2, 0.25) is 10.0 Å². The van der Waals surface area contributed by atoms with E-state index in [-0.39, 0.29) is 12.7 Å². The van der Waals surface area contributed by atoms with Crippen molar-refractivity contribution in [3.05, 3.63) is 9.81 Å². The highest BCUT2D eigenvalue weighted by Gasteiger charge is 2.43. The van der Waals surface area contributed by atoms with Crippen LogP contribution in [0, 0.1) is 0 Å². The lowest BCUT2D eigenvalue weighted by Crippen LogP contribution is -2.56. The van der Waals surface area contributed by atoms with Gasteiger partial charge in [0.05, 0.1) is 5.25 Å². The molecule has 1 aliphatic rings. The first kappa shape index (κ1) is 22.5. The molecule has 25 heavy (non-hydrogen) atoms. The van der Waals surface area contributed by atoms with E-state index in [9.17, 15) is 26.7 Å². The molecule has 0 aromatic rings. The molecule has 0 aromatic heterocycles. The van der Waals surface area contributed by atoms with E-state index < -0.39 is 57.7 Å². The number of primary sulfonamides is 1. The van der Waals surface area contributed by atoms with Gasteiger partial charge in [-0.1, -0.05) is 11.8 Å². The molecule has 146 valence electrons. The average Bonchev–Trinajstić information content (AvgIpc) is 2.42. The van der Waals surface area contributed by atoms with E-state index in [2.05, 4.69) is 5.32 Å². The van der Waals surface area contributed by atoms with Crippen molar-refractivity contribution in [2.45, 2.75) is 48.3 Å². The second-order valence-corrected chi connectivity index (χ2v) is 11.6. The van der Waals surface area contributed by atoms with Crippen molar-refractivity contribution >= 4 is 37.9 Å². The normalized spacial score (nSPS) is 27.0. The molecule has 4 unspecified atom stereocenters. The highest BCUT2D eigenvalue weighted by atomic mass is 32.3. The average molecular weight is 420 g/mol. The molecule has 1 rings (SSSR count). The van der Waals surface area contributed by atoms with Crippen molar-refractivity contribution in [2.75, 3.05) is 0 Å². The summed E-state index contributed by atoms with van der Waals surface area (Å²) >= 11 is 0.347. The maximum Gasteiger partial charge on any atom is 0.317 e. The third-order valence-corrected chi connectivity index (χ3v) is 9.35. The number of aliphatic hydroxyl groups is 4. The quantitative estimate of drug-likeness (QED) is 0.179. The van der Waals surface area contributed by atoms with Crippen LogP contribution in [0.1, 0.15) is 20.3 Å². The maximum atomic E-state index is 12.5. The number of aldehydes is 1. The molecule has 14 heteroatoms. The van der Waals surface area contributed by atoms with Gasteiger partial charge in [-0.3, -0.25) is 10.1 Å². The van der Waals surface area contributed by atoms with Crippen LogP contribution >= 0.6 is 11.8 Å². The zero-order valence-electron chi connectivity index (χ0n) is 13.2. The van der Waals surface area contributed by atoms with Crippen LogP contribution in [-0.4, -0.2) is 71.6 Å². The lowest BCUT2D eigenvalue weighted by molar-refractivity contribution is -0.360. The van der Waals surface area contributed by atoms with Crippen LogP contribution in [0.15, 0.2) is 9.81 Å². The Morgan fingerprint density at radius 2 is 1.92 bits per heavy atom. The van der Waals surface area contributed by atoms with Crippen LogP contribution in [0.3, 0.4) is 0 Å². The van der Waals surface area contributed by atoms with Crippen molar-refractivity contribution in [3.63, 3.8) is 0 Å². The molecule has 0 saturated heterocycles. The maximum absolute atomic E-state index is 12.5. The van der Waals surface area contributed by atoms with E-state index >= 15 is 0 Å². The third kappa shape index (κ3) is 5.21. The van der Waals surface area contributed by atoms with Crippen molar-refractivity contribution in [1.82, 2.24) is 5.32 Å². The van der Waals surface area contributed by atoms with Gasteiger partial charge in [-0.05, 0) is 20.3 Å². The summed E-state index contributed by atoms with van der Waals surface area (Å²) in [5.74, 6) is -3.53. The van der Waals surface area contributed by atoms with Gasteiger partial charge in [-0.2, -0.15) is 0 Å². The second kappa shape index (κ2) is 7.58. The fourth-order valence-corrected chi connectivity index (χ4v) is 6.45. The SMILES string of the molecule is CC(SC1=C(C=O)C(NC(O)C(O)(O)O)CC(C)S1(=O)=O)S(N)(=O)=O. The van der Waals surface area contributed by atoms with E-state index in [1.165, 1.54) is 6.92 Å². The number of nitrogens with one attached hydrogen (secondary N) is 1. The fraction of sp³-hybridized carbons (Fsp3) is 0.727. The molecule has 7 N–H and O–H groups in total. The topological polar surface area (TPSA) is 204 Å². The van der Waals surface area contributed by atoms with Gasteiger partial charge in [0.1, 0.15) is 15.1 Å². The van der Waals surface area contributed by atoms with E-state index in [1.807, 2.05) is 0 Å². The van der Waals surface area contributed by atoms with Gasteiger partial charge in [0.25, 0.3) is 0 Å². The van der Waals surface area contributed by atoms with Crippen LogP contribution in [-0.2, 0) is 24.7 Å². The first-order chi connectivity index (χ1) is 11.1. The van der Waals surface area contributed by atoms with Gasteiger partial charge in [-0.25, -0.2) is 22.0 Å². The fourth-order valence-electron chi connectivity index (χ4n) is 2.02. The summed E-state index contributed by atoms with van der Waals surface area (Å²) in [7, 11) is -8.15. The van der Waals surface area contributed by atoms with Crippen molar-refractivity contribution in [1.29, 1.82) is 0 Å². The standard InChI is InChI=1S/C11H20N2O9S3/c1-5-3-8(13-10(15)11(16,17)18)7(4-14)9(24(5,19)20)23-6(2)25(12,21)22/h4-6,8,10,13,15-18H,3H2,1-2H3,(H2,12,21,22). The molecule has 0 bridgehead atoms. The van der Waals surface area contributed by atoms with Gasteiger partial charge < -0.3 is 20.4 Å². The highest BCUT2D eigenvalue weighted by Crippen LogP contribution is 2.39. The largest absolute Gasteiger partial charge is 0.371 e. The number of hydrogen-bond acceptors (Lipinski definition) is 11. The van der Waals surface area contributed by atoms with Crippen LogP contribution in [0.4, 0.5) is 0 Å². The number of sulfonamides is 1. The molecule has 0 spiro atoms. The first-order valence-electron chi connectivity index (χ1n) is 6.85. The minimum atomic E-state index is -4.11. The second-order valence-electron chi connectivity index (χ2n) is 5.54. The van der Waals surface area contributed by atoms with Crippen molar-refractivity contribution in [3.8, 4) is 0 Å². The Kier molecular flexibility index (Phi) is 6.81. The third-order valence-electron chi connectivity index (χ3n) is 3.56. The molecule has 1 aliphatic heterocycles. The van der Waals surface area contributed by atoms with Crippen LogP contribution in [0.2, 0.25) is 0 Å². The number of nitrogens with two attached hydrogens (primary N) is 1. The summed E-state index contributed by atoms with van der Waals surface area (Å²) in [6, 6.07) is -1.19. The molecule has 0 fully saturated rings. The Hall–Kier alpha value is -0.580. The Morgan fingerprint density at radius 1 is 1.40 bits per heavy atom. The zero-order chi connectivity index (χ0) is 19.8. The molecule has 0 radical (unpaired) electrons. The number of hydrogen-bond donors (Lipinski definition) is 6. The molecule has 0 saturated carbocycles. The van der Waals surface area contributed by atoms with Gasteiger partial charge in [0.15, 0.2) is 16.1 Å².